The Bertz CT molecular complexity index is 1320. The number of carboxylic acids is 1. The first-order chi connectivity index (χ1) is 16.0. The summed E-state index contributed by atoms with van der Waals surface area (Å²) in [5.74, 6) is -1.25. The molecule has 166 valence electrons. The zero-order valence-electron chi connectivity index (χ0n) is 17.3. The van der Waals surface area contributed by atoms with Gasteiger partial charge < -0.3 is 15.2 Å². The van der Waals surface area contributed by atoms with Crippen LogP contribution in [-0.4, -0.2) is 34.8 Å². The molecule has 0 aliphatic heterocycles. The van der Waals surface area contributed by atoms with Crippen LogP contribution >= 0.6 is 22.9 Å². The van der Waals surface area contributed by atoms with E-state index in [1.54, 1.807) is 12.1 Å². The second-order valence-corrected chi connectivity index (χ2v) is 9.34. The molecule has 0 saturated heterocycles. The number of carboxylic acid groups (broad SMARTS) is 1. The van der Waals surface area contributed by atoms with Crippen molar-refractivity contribution in [1.82, 2.24) is 10.3 Å². The molecule has 1 aromatic heterocycles. The summed E-state index contributed by atoms with van der Waals surface area (Å²) in [6.45, 7) is 0.117. The van der Waals surface area contributed by atoms with Crippen LogP contribution in [0.5, 0.6) is 0 Å². The maximum Gasteiger partial charge on any atom is 0.407 e. The summed E-state index contributed by atoms with van der Waals surface area (Å²) in [6.07, 6.45) is -0.718. The van der Waals surface area contributed by atoms with Gasteiger partial charge in [0.1, 0.15) is 12.6 Å². The fraction of sp³-hybridized carbons (Fsp3) is 0.160. The Morgan fingerprint density at radius 1 is 1.06 bits per heavy atom. The third-order valence-corrected chi connectivity index (χ3v) is 7.00. The molecule has 4 aromatic rings. The van der Waals surface area contributed by atoms with E-state index in [-0.39, 0.29) is 18.9 Å². The Morgan fingerprint density at radius 3 is 2.39 bits per heavy atom. The van der Waals surface area contributed by atoms with Gasteiger partial charge >= 0.3 is 12.1 Å². The average Bonchev–Trinajstić information content (AvgIpc) is 3.35. The van der Waals surface area contributed by atoms with Crippen molar-refractivity contribution in [3.05, 3.63) is 87.9 Å². The third-order valence-electron chi connectivity index (χ3n) is 5.71. The highest BCUT2D eigenvalue weighted by Crippen LogP contribution is 2.44. The van der Waals surface area contributed by atoms with E-state index in [1.165, 1.54) is 11.3 Å². The third kappa shape index (κ3) is 4.29. The Morgan fingerprint density at radius 2 is 1.73 bits per heavy atom. The number of thiazole rings is 1. The van der Waals surface area contributed by atoms with Gasteiger partial charge in [-0.2, -0.15) is 0 Å². The molecule has 2 N–H and O–H groups in total. The standard InChI is InChI=1S/C25H19ClN2O4S/c26-14-9-10-22-20(11-14)27-23(33-22)12-21(24(29)30)28-25(31)32-13-19-17-7-3-1-5-15(17)16-6-2-4-8-18(16)19/h1-11,19,21H,12-13H2,(H,28,31)(H,29,30)/t21-/m0/s1. The van der Waals surface area contributed by atoms with Crippen LogP contribution in [0.15, 0.2) is 66.7 Å². The first-order valence-corrected chi connectivity index (χ1v) is 11.6. The minimum absolute atomic E-state index is 0.0521. The molecule has 8 heteroatoms. The number of rotatable bonds is 6. The van der Waals surface area contributed by atoms with E-state index in [4.69, 9.17) is 16.3 Å². The van der Waals surface area contributed by atoms with Crippen molar-refractivity contribution in [2.24, 2.45) is 0 Å². The van der Waals surface area contributed by atoms with E-state index < -0.39 is 18.1 Å². The van der Waals surface area contributed by atoms with Crippen LogP contribution in [0, 0.1) is 0 Å². The molecule has 3 aromatic carbocycles. The maximum atomic E-state index is 12.5. The lowest BCUT2D eigenvalue weighted by Crippen LogP contribution is -2.42. The predicted octanol–water partition coefficient (Wildman–Crippen LogP) is 5.48. The number of fused-ring (bicyclic) bond motifs is 4. The molecule has 33 heavy (non-hydrogen) atoms. The molecular weight excluding hydrogens is 460 g/mol. The molecule has 0 spiro atoms. The summed E-state index contributed by atoms with van der Waals surface area (Å²) in [4.78, 5) is 28.7. The van der Waals surface area contributed by atoms with Gasteiger partial charge in [-0.05, 0) is 40.5 Å². The van der Waals surface area contributed by atoms with E-state index >= 15 is 0 Å². The smallest absolute Gasteiger partial charge is 0.407 e. The van der Waals surface area contributed by atoms with Gasteiger partial charge in [-0.3, -0.25) is 0 Å². The quantitative estimate of drug-likeness (QED) is 0.383. The number of aliphatic carboxylic acids is 1. The van der Waals surface area contributed by atoms with Crippen molar-refractivity contribution in [2.45, 2.75) is 18.4 Å². The van der Waals surface area contributed by atoms with E-state index in [0.717, 1.165) is 27.0 Å². The van der Waals surface area contributed by atoms with Gasteiger partial charge in [-0.25, -0.2) is 14.6 Å². The fourth-order valence-corrected chi connectivity index (χ4v) is 5.35. The van der Waals surface area contributed by atoms with Crippen molar-refractivity contribution in [3.8, 4) is 11.1 Å². The van der Waals surface area contributed by atoms with Gasteiger partial charge in [-0.1, -0.05) is 60.1 Å². The number of nitrogens with one attached hydrogen (secondary N) is 1. The van der Waals surface area contributed by atoms with E-state index in [2.05, 4.69) is 22.4 Å². The van der Waals surface area contributed by atoms with E-state index in [9.17, 15) is 14.7 Å². The number of halogens is 1. The molecule has 0 fully saturated rings. The number of benzene rings is 3. The number of carbonyl (C=O) groups excluding carboxylic acids is 1. The number of aromatic nitrogens is 1. The van der Waals surface area contributed by atoms with Crippen LogP contribution in [0.3, 0.4) is 0 Å². The first kappa shape index (κ1) is 21.4. The van der Waals surface area contributed by atoms with Crippen molar-refractivity contribution in [3.63, 3.8) is 0 Å². The molecule has 1 amide bonds. The van der Waals surface area contributed by atoms with Gasteiger partial charge in [0.15, 0.2) is 0 Å². The molecule has 0 bridgehead atoms. The number of nitrogens with zero attached hydrogens (tertiary/aromatic N) is 1. The molecular formula is C25H19ClN2O4S. The highest BCUT2D eigenvalue weighted by Gasteiger charge is 2.30. The van der Waals surface area contributed by atoms with Crippen molar-refractivity contribution in [1.29, 1.82) is 0 Å². The van der Waals surface area contributed by atoms with Crippen LogP contribution in [-0.2, 0) is 16.0 Å². The zero-order chi connectivity index (χ0) is 22.9. The number of hydrogen-bond donors (Lipinski definition) is 2. The zero-order valence-corrected chi connectivity index (χ0v) is 18.9. The minimum atomic E-state index is -1.16. The second kappa shape index (κ2) is 8.84. The lowest BCUT2D eigenvalue weighted by Gasteiger charge is -2.17. The highest BCUT2D eigenvalue weighted by molar-refractivity contribution is 7.18. The van der Waals surface area contributed by atoms with Gasteiger partial charge in [-0.15, -0.1) is 11.3 Å². The SMILES string of the molecule is O=C(N[C@@H](Cc1nc2cc(Cl)ccc2s1)C(=O)O)OCC1c2ccccc2-c2ccccc21. The minimum Gasteiger partial charge on any atom is -0.480 e. The van der Waals surface area contributed by atoms with Crippen LogP contribution in [0.2, 0.25) is 5.02 Å². The molecule has 1 aliphatic rings. The molecule has 5 rings (SSSR count). The number of carbonyl (C=O) groups is 2. The largest absolute Gasteiger partial charge is 0.480 e. The maximum absolute atomic E-state index is 12.5. The number of hydrogen-bond acceptors (Lipinski definition) is 5. The van der Waals surface area contributed by atoms with E-state index in [0.29, 0.717) is 15.5 Å². The molecule has 1 heterocycles. The van der Waals surface area contributed by atoms with Crippen molar-refractivity contribution in [2.75, 3.05) is 6.61 Å². The van der Waals surface area contributed by atoms with Gasteiger partial charge in [0, 0.05) is 17.4 Å². The predicted molar refractivity (Wildman–Crippen MR) is 128 cm³/mol. The topological polar surface area (TPSA) is 88.5 Å². The van der Waals surface area contributed by atoms with Gasteiger partial charge in [0.05, 0.1) is 15.2 Å². The molecule has 0 radical (unpaired) electrons. The van der Waals surface area contributed by atoms with E-state index in [1.807, 2.05) is 42.5 Å². The molecule has 1 aliphatic carbocycles. The fourth-order valence-electron chi connectivity index (χ4n) is 4.19. The van der Waals surface area contributed by atoms with Crippen molar-refractivity contribution >= 4 is 45.2 Å². The summed E-state index contributed by atoms with van der Waals surface area (Å²) in [5, 5.41) is 13.3. The second-order valence-electron chi connectivity index (χ2n) is 7.78. The monoisotopic (exact) mass is 478 g/mol. The molecule has 0 saturated carbocycles. The van der Waals surface area contributed by atoms with Crippen molar-refractivity contribution < 1.29 is 19.4 Å². The Labute approximate surface area is 198 Å². The highest BCUT2D eigenvalue weighted by atomic mass is 35.5. The normalized spacial score (nSPS) is 13.4. The summed E-state index contributed by atoms with van der Waals surface area (Å²) in [5.41, 5.74) is 5.14. The van der Waals surface area contributed by atoms with Crippen LogP contribution in [0.25, 0.3) is 21.3 Å². The Balaban J connectivity index is 1.27. The molecule has 0 unspecified atom stereocenters. The van der Waals surface area contributed by atoms with Crippen LogP contribution in [0.4, 0.5) is 4.79 Å². The number of amides is 1. The lowest BCUT2D eigenvalue weighted by atomic mass is 9.98. The summed E-state index contributed by atoms with van der Waals surface area (Å²) in [7, 11) is 0. The summed E-state index contributed by atoms with van der Waals surface area (Å²) in [6, 6.07) is 20.2. The Kier molecular flexibility index (Phi) is 5.74. The first-order valence-electron chi connectivity index (χ1n) is 10.4. The van der Waals surface area contributed by atoms with Gasteiger partial charge in [0.25, 0.3) is 0 Å². The molecule has 6 nitrogen and oxygen atoms in total. The number of ether oxygens (including phenoxy) is 1. The lowest BCUT2D eigenvalue weighted by molar-refractivity contribution is -0.139. The molecule has 1 atom stereocenters. The summed E-state index contributed by atoms with van der Waals surface area (Å²) >= 11 is 7.37. The average molecular weight is 479 g/mol. The summed E-state index contributed by atoms with van der Waals surface area (Å²) < 4.78 is 6.39. The van der Waals surface area contributed by atoms with Crippen LogP contribution in [0.1, 0.15) is 22.1 Å². The van der Waals surface area contributed by atoms with Gasteiger partial charge in [0.2, 0.25) is 0 Å². The Hall–Kier alpha value is -3.42. The van der Waals surface area contributed by atoms with Crippen LogP contribution < -0.4 is 5.32 Å². The number of alkyl carbamates (subject to hydrolysis) is 1.